The molecule has 4 rings (SSSR count). The normalized spacial score (nSPS) is 25.1. The number of nitrogens with zero attached hydrogens (tertiary/aromatic N) is 1. The fourth-order valence-electron chi connectivity index (χ4n) is 3.95. The standard InChI is InChI=1S/C20H18FNOS/c1-23-16-9-14(8-15(21)10-16)13-6-7-19(24)20(11-13)12-22-18-5-3-2-4-17(18)20/h2-5,8-10,12-13H,6-7,11H2,1H3. The van der Waals surface area contributed by atoms with Crippen molar-refractivity contribution in [1.29, 1.82) is 0 Å². The zero-order valence-corrected chi connectivity index (χ0v) is 14.3. The largest absolute Gasteiger partial charge is 0.497 e. The molecule has 4 heteroatoms. The van der Waals surface area contributed by atoms with Crippen LogP contribution in [0.2, 0.25) is 0 Å². The molecule has 0 radical (unpaired) electrons. The molecule has 1 fully saturated rings. The molecule has 2 aromatic rings. The Morgan fingerprint density at radius 1 is 1.25 bits per heavy atom. The van der Waals surface area contributed by atoms with Gasteiger partial charge in [-0.05, 0) is 54.5 Å². The Hall–Kier alpha value is -2.07. The fraction of sp³-hybridized carbons (Fsp3) is 0.300. The highest BCUT2D eigenvalue weighted by atomic mass is 32.1. The molecule has 2 atom stereocenters. The summed E-state index contributed by atoms with van der Waals surface area (Å²) in [4.78, 5) is 5.63. The number of thiocarbonyl (C=S) groups is 1. The lowest BCUT2D eigenvalue weighted by atomic mass is 9.65. The van der Waals surface area contributed by atoms with Crippen molar-refractivity contribution in [2.24, 2.45) is 4.99 Å². The molecular formula is C20H18FNOS. The van der Waals surface area contributed by atoms with Crippen LogP contribution in [0, 0.1) is 5.82 Å². The summed E-state index contributed by atoms with van der Waals surface area (Å²) < 4.78 is 19.2. The van der Waals surface area contributed by atoms with E-state index >= 15 is 0 Å². The highest BCUT2D eigenvalue weighted by molar-refractivity contribution is 7.80. The van der Waals surface area contributed by atoms with E-state index in [1.165, 1.54) is 11.6 Å². The molecule has 2 aromatic carbocycles. The van der Waals surface area contributed by atoms with E-state index in [0.29, 0.717) is 5.75 Å². The average molecular weight is 339 g/mol. The Kier molecular flexibility index (Phi) is 3.72. The van der Waals surface area contributed by atoms with E-state index < -0.39 is 0 Å². The molecule has 0 N–H and O–H groups in total. The molecule has 0 amide bonds. The third-order valence-corrected chi connectivity index (χ3v) is 5.76. The molecule has 1 spiro atoms. The van der Waals surface area contributed by atoms with Gasteiger partial charge in [-0.25, -0.2) is 4.39 Å². The summed E-state index contributed by atoms with van der Waals surface area (Å²) in [7, 11) is 1.57. The number of methoxy groups -OCH3 is 1. The monoisotopic (exact) mass is 339 g/mol. The van der Waals surface area contributed by atoms with Crippen LogP contribution < -0.4 is 4.74 Å². The summed E-state index contributed by atoms with van der Waals surface area (Å²) in [6.07, 6.45) is 4.62. The highest BCUT2D eigenvalue weighted by Gasteiger charge is 2.44. The van der Waals surface area contributed by atoms with Crippen molar-refractivity contribution < 1.29 is 9.13 Å². The number of hydrogen-bond acceptors (Lipinski definition) is 3. The first kappa shape index (κ1) is 15.5. The quantitative estimate of drug-likeness (QED) is 0.708. The number of halogens is 1. The molecule has 1 heterocycles. The Morgan fingerprint density at radius 3 is 2.92 bits per heavy atom. The lowest BCUT2D eigenvalue weighted by Gasteiger charge is -2.38. The molecule has 1 saturated carbocycles. The van der Waals surface area contributed by atoms with Gasteiger partial charge in [0.05, 0.1) is 18.2 Å². The van der Waals surface area contributed by atoms with E-state index in [-0.39, 0.29) is 17.2 Å². The first-order chi connectivity index (χ1) is 11.6. The summed E-state index contributed by atoms with van der Waals surface area (Å²) >= 11 is 5.74. The molecule has 0 bridgehead atoms. The molecule has 2 nitrogen and oxygen atoms in total. The second-order valence-electron chi connectivity index (χ2n) is 6.53. The maximum Gasteiger partial charge on any atom is 0.127 e. The van der Waals surface area contributed by atoms with E-state index in [4.69, 9.17) is 17.0 Å². The molecule has 0 saturated heterocycles. The predicted molar refractivity (Wildman–Crippen MR) is 98.4 cm³/mol. The minimum Gasteiger partial charge on any atom is -0.497 e. The van der Waals surface area contributed by atoms with Gasteiger partial charge in [0.1, 0.15) is 11.6 Å². The minimum absolute atomic E-state index is 0.235. The highest BCUT2D eigenvalue weighted by Crippen LogP contribution is 2.49. The van der Waals surface area contributed by atoms with E-state index in [1.54, 1.807) is 13.2 Å². The zero-order chi connectivity index (χ0) is 16.7. The van der Waals surface area contributed by atoms with Gasteiger partial charge in [0, 0.05) is 17.1 Å². The lowest BCUT2D eigenvalue weighted by Crippen LogP contribution is -2.40. The van der Waals surface area contributed by atoms with Crippen molar-refractivity contribution in [1.82, 2.24) is 0 Å². The van der Waals surface area contributed by atoms with Gasteiger partial charge in [0.25, 0.3) is 0 Å². The average Bonchev–Trinajstić information content (AvgIpc) is 2.96. The molecule has 1 aliphatic carbocycles. The van der Waals surface area contributed by atoms with Gasteiger partial charge in [-0.1, -0.05) is 30.4 Å². The van der Waals surface area contributed by atoms with Crippen LogP contribution in [0.4, 0.5) is 10.1 Å². The number of fused-ring (bicyclic) bond motifs is 2. The number of para-hydroxylation sites is 1. The lowest BCUT2D eigenvalue weighted by molar-refractivity contribution is 0.408. The third kappa shape index (κ3) is 2.37. The van der Waals surface area contributed by atoms with Crippen molar-refractivity contribution in [3.8, 4) is 5.75 Å². The maximum absolute atomic E-state index is 13.9. The SMILES string of the molecule is COc1cc(F)cc(C2CCC(=S)C3(C=Nc4ccccc43)C2)c1. The molecule has 2 aliphatic rings. The summed E-state index contributed by atoms with van der Waals surface area (Å²) in [6.45, 7) is 0. The fourth-order valence-corrected chi connectivity index (χ4v) is 4.32. The molecule has 1 aliphatic heterocycles. The first-order valence-electron chi connectivity index (χ1n) is 8.15. The Morgan fingerprint density at radius 2 is 2.08 bits per heavy atom. The second-order valence-corrected chi connectivity index (χ2v) is 7.03. The molecule has 24 heavy (non-hydrogen) atoms. The summed E-state index contributed by atoms with van der Waals surface area (Å²) in [5, 5.41) is 0. The predicted octanol–water partition coefficient (Wildman–Crippen LogP) is 5.13. The number of benzene rings is 2. The molecule has 2 unspecified atom stereocenters. The van der Waals surface area contributed by atoms with Crippen molar-refractivity contribution in [3.05, 3.63) is 59.4 Å². The number of ether oxygens (including phenoxy) is 1. The van der Waals surface area contributed by atoms with E-state index in [9.17, 15) is 4.39 Å². The van der Waals surface area contributed by atoms with Gasteiger partial charge in [0.15, 0.2) is 0 Å². The topological polar surface area (TPSA) is 21.6 Å². The zero-order valence-electron chi connectivity index (χ0n) is 13.5. The van der Waals surface area contributed by atoms with Gasteiger partial charge in [-0.2, -0.15) is 0 Å². The number of hydrogen-bond donors (Lipinski definition) is 0. The Bertz CT molecular complexity index is 847. The molecule has 0 aromatic heterocycles. The maximum atomic E-state index is 13.9. The van der Waals surface area contributed by atoms with Crippen LogP contribution in [0.5, 0.6) is 5.75 Å². The van der Waals surface area contributed by atoms with Crippen molar-refractivity contribution in [2.45, 2.75) is 30.6 Å². The second kappa shape index (κ2) is 5.78. The van der Waals surface area contributed by atoms with Crippen LogP contribution in [0.3, 0.4) is 0 Å². The third-order valence-electron chi connectivity index (χ3n) is 5.20. The Balaban J connectivity index is 1.74. The summed E-state index contributed by atoms with van der Waals surface area (Å²) in [5.41, 5.74) is 2.86. The molecular weight excluding hydrogens is 321 g/mol. The van der Waals surface area contributed by atoms with Gasteiger partial charge in [-0.15, -0.1) is 0 Å². The smallest absolute Gasteiger partial charge is 0.127 e. The van der Waals surface area contributed by atoms with Crippen LogP contribution in [0.25, 0.3) is 0 Å². The van der Waals surface area contributed by atoms with E-state index in [1.807, 2.05) is 30.5 Å². The van der Waals surface area contributed by atoms with Crippen LogP contribution in [-0.2, 0) is 5.41 Å². The van der Waals surface area contributed by atoms with Gasteiger partial charge in [0.2, 0.25) is 0 Å². The summed E-state index contributed by atoms with van der Waals surface area (Å²) in [5.74, 6) is 0.540. The van der Waals surface area contributed by atoms with E-state index in [0.717, 1.165) is 35.4 Å². The van der Waals surface area contributed by atoms with Gasteiger partial charge >= 0.3 is 0 Å². The molecule has 122 valence electrons. The van der Waals surface area contributed by atoms with E-state index in [2.05, 4.69) is 11.1 Å². The Labute approximate surface area is 146 Å². The first-order valence-corrected chi connectivity index (χ1v) is 8.56. The van der Waals surface area contributed by atoms with Gasteiger partial charge < -0.3 is 4.74 Å². The minimum atomic E-state index is -0.297. The number of aliphatic imine (C=N–C) groups is 1. The van der Waals surface area contributed by atoms with Crippen molar-refractivity contribution in [3.63, 3.8) is 0 Å². The van der Waals surface area contributed by atoms with Crippen LogP contribution >= 0.6 is 12.2 Å². The van der Waals surface area contributed by atoms with Crippen molar-refractivity contribution in [2.75, 3.05) is 7.11 Å². The van der Waals surface area contributed by atoms with Crippen LogP contribution in [-0.4, -0.2) is 18.2 Å². The number of rotatable bonds is 2. The van der Waals surface area contributed by atoms with Gasteiger partial charge in [-0.3, -0.25) is 4.99 Å². The van der Waals surface area contributed by atoms with Crippen LogP contribution in [0.15, 0.2) is 47.5 Å². The summed E-state index contributed by atoms with van der Waals surface area (Å²) in [6, 6.07) is 13.1. The van der Waals surface area contributed by atoms with Crippen molar-refractivity contribution >= 4 is 29.0 Å². The van der Waals surface area contributed by atoms with Crippen LogP contribution in [0.1, 0.15) is 36.3 Å².